The van der Waals surface area contributed by atoms with Crippen LogP contribution in [0.25, 0.3) is 11.5 Å². The zero-order valence-electron chi connectivity index (χ0n) is 9.65. The molecule has 0 aliphatic carbocycles. The number of aryl methyl sites for hydroxylation is 1. The number of oxazole rings is 1. The van der Waals surface area contributed by atoms with Crippen molar-refractivity contribution >= 4 is 5.97 Å². The molecule has 1 heterocycles. The van der Waals surface area contributed by atoms with Crippen LogP contribution >= 0.6 is 0 Å². The Morgan fingerprint density at radius 2 is 2.05 bits per heavy atom. The highest BCUT2D eigenvalue weighted by atomic mass is 19.4. The smallest absolute Gasteiger partial charge is 0.416 e. The third-order valence-corrected chi connectivity index (χ3v) is 2.43. The Morgan fingerprint density at radius 1 is 1.37 bits per heavy atom. The highest BCUT2D eigenvalue weighted by molar-refractivity contribution is 5.86. The third kappa shape index (κ3) is 2.59. The predicted octanol–water partition coefficient (Wildman–Crippen LogP) is 3.37. The van der Waals surface area contributed by atoms with Crippen LogP contribution in [0, 0.1) is 6.92 Å². The van der Waals surface area contributed by atoms with Crippen LogP contribution in [0.5, 0.6) is 0 Å². The Bertz CT molecular complexity index is 631. The summed E-state index contributed by atoms with van der Waals surface area (Å²) in [6, 6.07) is 4.35. The van der Waals surface area contributed by atoms with E-state index in [1.807, 2.05) is 0 Å². The van der Waals surface area contributed by atoms with Crippen LogP contribution in [0.3, 0.4) is 0 Å². The van der Waals surface area contributed by atoms with E-state index >= 15 is 0 Å². The van der Waals surface area contributed by atoms with E-state index in [0.717, 1.165) is 12.1 Å². The number of hydrogen-bond donors (Lipinski definition) is 1. The zero-order chi connectivity index (χ0) is 14.2. The number of hydrogen-bond acceptors (Lipinski definition) is 3. The summed E-state index contributed by atoms with van der Waals surface area (Å²) in [7, 11) is 0. The van der Waals surface area contributed by atoms with Crippen LogP contribution in [0.4, 0.5) is 13.2 Å². The lowest BCUT2D eigenvalue weighted by molar-refractivity contribution is -0.137. The van der Waals surface area contributed by atoms with Gasteiger partial charge in [-0.25, -0.2) is 9.78 Å². The van der Waals surface area contributed by atoms with Gasteiger partial charge in [-0.15, -0.1) is 0 Å². The van der Waals surface area contributed by atoms with Gasteiger partial charge in [0.25, 0.3) is 0 Å². The molecule has 100 valence electrons. The molecular formula is C12H8F3NO3. The van der Waals surface area contributed by atoms with Crippen molar-refractivity contribution in [2.45, 2.75) is 13.1 Å². The summed E-state index contributed by atoms with van der Waals surface area (Å²) in [6.45, 7) is 1.41. The van der Waals surface area contributed by atoms with Gasteiger partial charge >= 0.3 is 12.1 Å². The standard InChI is InChI=1S/C12H8F3NO3/c1-6-9(11(17)18)19-10(16-6)7-3-2-4-8(5-7)12(13,14)15/h2-5H,1H3,(H,17,18). The van der Waals surface area contributed by atoms with E-state index in [2.05, 4.69) is 4.98 Å². The minimum absolute atomic E-state index is 0.0745. The van der Waals surface area contributed by atoms with E-state index in [4.69, 9.17) is 9.52 Å². The highest BCUT2D eigenvalue weighted by Crippen LogP contribution is 2.32. The molecule has 0 bridgehead atoms. The number of rotatable bonds is 2. The summed E-state index contributed by atoms with van der Waals surface area (Å²) >= 11 is 0. The average Bonchev–Trinajstić information content (AvgIpc) is 2.70. The molecule has 19 heavy (non-hydrogen) atoms. The number of aromatic carboxylic acids is 1. The van der Waals surface area contributed by atoms with E-state index < -0.39 is 17.7 Å². The molecule has 0 atom stereocenters. The third-order valence-electron chi connectivity index (χ3n) is 2.43. The molecule has 0 amide bonds. The van der Waals surface area contributed by atoms with Gasteiger partial charge < -0.3 is 9.52 Å². The minimum atomic E-state index is -4.48. The predicted molar refractivity (Wildman–Crippen MR) is 58.6 cm³/mol. The lowest BCUT2D eigenvalue weighted by Gasteiger charge is -2.06. The maximum Gasteiger partial charge on any atom is 0.416 e. The van der Waals surface area contributed by atoms with Crippen molar-refractivity contribution in [1.82, 2.24) is 4.98 Å². The number of carbonyl (C=O) groups is 1. The second-order valence-electron chi connectivity index (χ2n) is 3.82. The molecular weight excluding hydrogens is 263 g/mol. The summed E-state index contributed by atoms with van der Waals surface area (Å²) in [5, 5.41) is 8.80. The number of benzene rings is 1. The van der Waals surface area contributed by atoms with Gasteiger partial charge in [0.1, 0.15) is 0 Å². The van der Waals surface area contributed by atoms with Crippen molar-refractivity contribution in [3.05, 3.63) is 41.3 Å². The van der Waals surface area contributed by atoms with Crippen LogP contribution in [-0.4, -0.2) is 16.1 Å². The normalized spacial score (nSPS) is 11.6. The molecule has 0 aliphatic rings. The number of aromatic nitrogens is 1. The SMILES string of the molecule is Cc1nc(-c2cccc(C(F)(F)F)c2)oc1C(=O)O. The second kappa shape index (κ2) is 4.42. The molecule has 2 rings (SSSR count). The van der Waals surface area contributed by atoms with Crippen LogP contribution in [0.15, 0.2) is 28.7 Å². The lowest BCUT2D eigenvalue weighted by atomic mass is 10.1. The fourth-order valence-electron chi connectivity index (χ4n) is 1.55. The monoisotopic (exact) mass is 271 g/mol. The van der Waals surface area contributed by atoms with Crippen molar-refractivity contribution < 1.29 is 27.5 Å². The van der Waals surface area contributed by atoms with E-state index in [1.165, 1.54) is 19.1 Å². The quantitative estimate of drug-likeness (QED) is 0.909. The van der Waals surface area contributed by atoms with E-state index in [-0.39, 0.29) is 22.9 Å². The highest BCUT2D eigenvalue weighted by Gasteiger charge is 2.31. The van der Waals surface area contributed by atoms with Gasteiger partial charge in [-0.3, -0.25) is 0 Å². The maximum absolute atomic E-state index is 12.6. The topological polar surface area (TPSA) is 63.3 Å². The Kier molecular flexibility index (Phi) is 3.05. The fourth-order valence-corrected chi connectivity index (χ4v) is 1.55. The summed E-state index contributed by atoms with van der Waals surface area (Å²) in [5.74, 6) is -1.85. The van der Waals surface area contributed by atoms with Gasteiger partial charge in [-0.1, -0.05) is 6.07 Å². The summed E-state index contributed by atoms with van der Waals surface area (Å²) in [6.07, 6.45) is -4.48. The van der Waals surface area contributed by atoms with Crippen LogP contribution in [0.1, 0.15) is 21.8 Å². The van der Waals surface area contributed by atoms with Crippen molar-refractivity contribution in [1.29, 1.82) is 0 Å². The van der Waals surface area contributed by atoms with E-state index in [1.54, 1.807) is 0 Å². The molecule has 0 saturated heterocycles. The zero-order valence-corrected chi connectivity index (χ0v) is 9.65. The van der Waals surface area contributed by atoms with E-state index in [9.17, 15) is 18.0 Å². The van der Waals surface area contributed by atoms with Crippen molar-refractivity contribution in [3.8, 4) is 11.5 Å². The Balaban J connectivity index is 2.48. The van der Waals surface area contributed by atoms with Crippen molar-refractivity contribution in [3.63, 3.8) is 0 Å². The molecule has 0 spiro atoms. The second-order valence-corrected chi connectivity index (χ2v) is 3.82. The summed E-state index contributed by atoms with van der Waals surface area (Å²) in [5.41, 5.74) is -0.664. The molecule has 1 aromatic carbocycles. The summed E-state index contributed by atoms with van der Waals surface area (Å²) in [4.78, 5) is 14.6. The molecule has 0 saturated carbocycles. The van der Waals surface area contributed by atoms with Crippen LogP contribution in [0.2, 0.25) is 0 Å². The van der Waals surface area contributed by atoms with E-state index in [0.29, 0.717) is 0 Å². The molecule has 2 aromatic rings. The molecule has 7 heteroatoms. The molecule has 0 aliphatic heterocycles. The molecule has 0 fully saturated rings. The van der Waals surface area contributed by atoms with Crippen LogP contribution < -0.4 is 0 Å². The Labute approximate surface area is 105 Å². The number of nitrogens with zero attached hydrogens (tertiary/aromatic N) is 1. The lowest BCUT2D eigenvalue weighted by Crippen LogP contribution is -2.04. The first kappa shape index (κ1) is 13.1. The summed E-state index contributed by atoms with van der Waals surface area (Å²) < 4.78 is 42.6. The largest absolute Gasteiger partial charge is 0.475 e. The molecule has 1 N–H and O–H groups in total. The first-order valence-corrected chi connectivity index (χ1v) is 5.17. The average molecular weight is 271 g/mol. The van der Waals surface area contributed by atoms with Crippen LogP contribution in [-0.2, 0) is 6.18 Å². The number of alkyl halides is 3. The Hall–Kier alpha value is -2.31. The van der Waals surface area contributed by atoms with Gasteiger partial charge in [0.2, 0.25) is 11.7 Å². The number of halogens is 3. The van der Waals surface area contributed by atoms with Gasteiger partial charge in [0.05, 0.1) is 11.3 Å². The molecule has 0 radical (unpaired) electrons. The number of carboxylic acid groups (broad SMARTS) is 1. The first-order valence-electron chi connectivity index (χ1n) is 5.17. The van der Waals surface area contributed by atoms with Gasteiger partial charge in [0.15, 0.2) is 0 Å². The van der Waals surface area contributed by atoms with Gasteiger partial charge in [-0.2, -0.15) is 13.2 Å². The van der Waals surface area contributed by atoms with Crippen molar-refractivity contribution in [2.75, 3.05) is 0 Å². The van der Waals surface area contributed by atoms with Crippen molar-refractivity contribution in [2.24, 2.45) is 0 Å². The Morgan fingerprint density at radius 3 is 2.58 bits per heavy atom. The first-order chi connectivity index (χ1) is 8.79. The molecule has 4 nitrogen and oxygen atoms in total. The maximum atomic E-state index is 12.6. The minimum Gasteiger partial charge on any atom is -0.475 e. The molecule has 0 unspecified atom stereocenters. The number of carboxylic acids is 1. The molecule has 1 aromatic heterocycles. The van der Waals surface area contributed by atoms with Gasteiger partial charge in [-0.05, 0) is 25.1 Å². The van der Waals surface area contributed by atoms with Gasteiger partial charge in [0, 0.05) is 5.56 Å². The fraction of sp³-hybridized carbons (Fsp3) is 0.167.